The summed E-state index contributed by atoms with van der Waals surface area (Å²) in [4.78, 5) is 29.7. The van der Waals surface area contributed by atoms with Gasteiger partial charge in [-0.2, -0.15) is 0 Å². The molecule has 0 bridgehead atoms. The van der Waals surface area contributed by atoms with E-state index in [0.29, 0.717) is 5.76 Å². The van der Waals surface area contributed by atoms with Gasteiger partial charge in [-0.05, 0) is 30.3 Å². The number of alkyl halides is 3. The highest BCUT2D eigenvalue weighted by Gasteiger charge is 2.32. The molecule has 0 saturated carbocycles. The van der Waals surface area contributed by atoms with Gasteiger partial charge in [0.1, 0.15) is 11.5 Å². The van der Waals surface area contributed by atoms with E-state index in [1.54, 1.807) is 12.1 Å². The monoisotopic (exact) mass is 488 g/mol. The number of carboxylic acids is 1. The number of hydrogen-bond donors (Lipinski definition) is 1. The fourth-order valence-corrected chi connectivity index (χ4v) is 3.95. The van der Waals surface area contributed by atoms with Crippen molar-refractivity contribution in [1.82, 2.24) is 4.98 Å². The summed E-state index contributed by atoms with van der Waals surface area (Å²) in [6, 6.07) is 6.70. The third kappa shape index (κ3) is 6.01. The molecule has 170 valence electrons. The Hall–Kier alpha value is -3.05. The highest BCUT2D eigenvalue weighted by molar-refractivity contribution is 7.14. The van der Waals surface area contributed by atoms with Gasteiger partial charge in [-0.1, -0.05) is 11.6 Å². The van der Waals surface area contributed by atoms with Crippen molar-refractivity contribution >= 4 is 39.9 Å². The molecule has 1 atom stereocenters. The SMILES string of the molecule is CN(C(=O)[C@@H](CC(=O)O)Cc1ccco1)c1nc(-c2cc(OC(F)(F)F)ccc2Cl)cs1. The summed E-state index contributed by atoms with van der Waals surface area (Å²) in [5.74, 6) is -2.54. The van der Waals surface area contributed by atoms with Crippen LogP contribution < -0.4 is 9.64 Å². The molecule has 0 aliphatic carbocycles. The number of rotatable bonds is 8. The van der Waals surface area contributed by atoms with Crippen molar-refractivity contribution in [3.05, 3.63) is 52.8 Å². The maximum atomic E-state index is 12.9. The fraction of sp³-hybridized carbons (Fsp3) is 0.250. The van der Waals surface area contributed by atoms with Crippen LogP contribution in [0.1, 0.15) is 12.2 Å². The zero-order valence-electron chi connectivity index (χ0n) is 16.4. The summed E-state index contributed by atoms with van der Waals surface area (Å²) in [6.07, 6.45) is -3.76. The van der Waals surface area contributed by atoms with Crippen LogP contribution in [0.5, 0.6) is 5.75 Å². The molecule has 3 rings (SSSR count). The summed E-state index contributed by atoms with van der Waals surface area (Å²) < 4.78 is 46.7. The molecule has 3 aromatic rings. The zero-order chi connectivity index (χ0) is 23.5. The summed E-state index contributed by atoms with van der Waals surface area (Å²) in [5.41, 5.74) is 0.428. The number of carbonyl (C=O) groups is 2. The summed E-state index contributed by atoms with van der Waals surface area (Å²) in [5, 5.41) is 11.1. The number of halogens is 4. The minimum absolute atomic E-state index is 0.0867. The molecule has 0 radical (unpaired) electrons. The minimum atomic E-state index is -4.86. The number of aliphatic carboxylic acids is 1. The van der Waals surface area contributed by atoms with Crippen molar-refractivity contribution < 1.29 is 37.0 Å². The third-order valence-electron chi connectivity index (χ3n) is 4.35. The second-order valence-corrected chi connectivity index (χ2v) is 7.92. The van der Waals surface area contributed by atoms with Gasteiger partial charge in [-0.25, -0.2) is 4.98 Å². The van der Waals surface area contributed by atoms with Crippen molar-refractivity contribution in [2.45, 2.75) is 19.2 Å². The van der Waals surface area contributed by atoms with Crippen molar-refractivity contribution in [2.75, 3.05) is 11.9 Å². The van der Waals surface area contributed by atoms with Gasteiger partial charge in [0.2, 0.25) is 5.91 Å². The number of thiazole rings is 1. The van der Waals surface area contributed by atoms with E-state index in [-0.39, 0.29) is 27.8 Å². The van der Waals surface area contributed by atoms with Crippen molar-refractivity contribution in [3.8, 4) is 17.0 Å². The Morgan fingerprint density at radius 1 is 1.34 bits per heavy atom. The minimum Gasteiger partial charge on any atom is -0.481 e. The lowest BCUT2D eigenvalue weighted by atomic mass is 9.98. The molecule has 2 aromatic heterocycles. The lowest BCUT2D eigenvalue weighted by Gasteiger charge is -2.20. The third-order valence-corrected chi connectivity index (χ3v) is 5.60. The van der Waals surface area contributed by atoms with Crippen LogP contribution >= 0.6 is 22.9 Å². The van der Waals surface area contributed by atoms with Crippen LogP contribution in [0.2, 0.25) is 5.02 Å². The van der Waals surface area contributed by atoms with Crippen LogP contribution in [0.3, 0.4) is 0 Å². The largest absolute Gasteiger partial charge is 0.573 e. The highest BCUT2D eigenvalue weighted by Crippen LogP contribution is 2.36. The predicted molar refractivity (Wildman–Crippen MR) is 111 cm³/mol. The number of ether oxygens (including phenoxy) is 1. The number of hydrogen-bond acceptors (Lipinski definition) is 6. The number of benzene rings is 1. The second kappa shape index (κ2) is 9.61. The van der Waals surface area contributed by atoms with Crippen LogP contribution in [0.15, 0.2) is 46.4 Å². The summed E-state index contributed by atoms with van der Waals surface area (Å²) in [6.45, 7) is 0. The van der Waals surface area contributed by atoms with E-state index < -0.39 is 36.3 Å². The van der Waals surface area contributed by atoms with Gasteiger partial charge >= 0.3 is 12.3 Å². The molecule has 12 heteroatoms. The number of aromatic nitrogens is 1. The van der Waals surface area contributed by atoms with Crippen molar-refractivity contribution in [2.24, 2.45) is 5.92 Å². The Kier molecular flexibility index (Phi) is 7.09. The van der Waals surface area contributed by atoms with E-state index in [2.05, 4.69) is 9.72 Å². The van der Waals surface area contributed by atoms with E-state index in [1.807, 2.05) is 0 Å². The Morgan fingerprint density at radius 2 is 2.09 bits per heavy atom. The van der Waals surface area contributed by atoms with E-state index in [4.69, 9.17) is 16.0 Å². The number of anilines is 1. The van der Waals surface area contributed by atoms with Crippen molar-refractivity contribution in [3.63, 3.8) is 0 Å². The summed E-state index contributed by atoms with van der Waals surface area (Å²) >= 11 is 7.17. The van der Waals surface area contributed by atoms with Crippen LogP contribution in [-0.2, 0) is 16.0 Å². The molecular weight excluding hydrogens is 473 g/mol. The molecule has 0 spiro atoms. The van der Waals surface area contributed by atoms with E-state index in [0.717, 1.165) is 23.5 Å². The van der Waals surface area contributed by atoms with Crippen LogP contribution in [-0.4, -0.2) is 35.4 Å². The van der Waals surface area contributed by atoms with E-state index in [9.17, 15) is 27.9 Å². The topological polar surface area (TPSA) is 92.9 Å². The number of nitrogens with zero attached hydrogens (tertiary/aromatic N) is 2. The molecule has 32 heavy (non-hydrogen) atoms. The molecule has 0 fully saturated rings. The van der Waals surface area contributed by atoms with Gasteiger partial charge in [-0.15, -0.1) is 24.5 Å². The highest BCUT2D eigenvalue weighted by atomic mass is 35.5. The first-order valence-electron chi connectivity index (χ1n) is 9.06. The number of carboxylic acid groups (broad SMARTS) is 1. The molecule has 1 amide bonds. The van der Waals surface area contributed by atoms with Gasteiger partial charge in [0.05, 0.1) is 29.3 Å². The van der Waals surface area contributed by atoms with Gasteiger partial charge in [0.15, 0.2) is 5.13 Å². The van der Waals surface area contributed by atoms with Crippen LogP contribution in [0, 0.1) is 5.92 Å². The molecular formula is C20H16ClF3N2O5S. The van der Waals surface area contributed by atoms with E-state index >= 15 is 0 Å². The van der Waals surface area contributed by atoms with Gasteiger partial charge in [0.25, 0.3) is 0 Å². The molecule has 0 saturated heterocycles. The smallest absolute Gasteiger partial charge is 0.481 e. The average Bonchev–Trinajstić information content (AvgIpc) is 3.38. The van der Waals surface area contributed by atoms with Gasteiger partial charge < -0.3 is 14.3 Å². The quantitative estimate of drug-likeness (QED) is 0.465. The first kappa shape index (κ1) is 23.6. The van der Waals surface area contributed by atoms with Crippen molar-refractivity contribution in [1.29, 1.82) is 0 Å². The first-order valence-corrected chi connectivity index (χ1v) is 10.3. The first-order chi connectivity index (χ1) is 15.0. The maximum absolute atomic E-state index is 12.9. The maximum Gasteiger partial charge on any atom is 0.573 e. The number of amides is 1. The van der Waals surface area contributed by atoms with Crippen LogP contribution in [0.4, 0.5) is 18.3 Å². The predicted octanol–water partition coefficient (Wildman–Crippen LogP) is 5.25. The lowest BCUT2D eigenvalue weighted by molar-refractivity contribution is -0.274. The van der Waals surface area contributed by atoms with E-state index in [1.165, 1.54) is 29.7 Å². The fourth-order valence-electron chi connectivity index (χ4n) is 2.94. The molecule has 0 aliphatic rings. The molecule has 0 unspecified atom stereocenters. The Balaban J connectivity index is 1.82. The molecule has 0 aliphatic heterocycles. The Labute approximate surface area is 189 Å². The van der Waals surface area contributed by atoms with Crippen LogP contribution in [0.25, 0.3) is 11.3 Å². The van der Waals surface area contributed by atoms with Gasteiger partial charge in [0, 0.05) is 24.4 Å². The summed E-state index contributed by atoms with van der Waals surface area (Å²) in [7, 11) is 1.44. The number of furan rings is 1. The standard InChI is InChI=1S/C20H16ClF3N2O5S/c1-26(18(29)11(8-17(27)28)7-12-3-2-6-30-12)19-25-16(10-32-19)14-9-13(4-5-15(14)21)31-20(22,23)24/h2-6,9-11H,7-8H2,1H3,(H,27,28)/t11-/m1/s1. The zero-order valence-corrected chi connectivity index (χ0v) is 18.0. The molecule has 7 nitrogen and oxygen atoms in total. The Bertz CT molecular complexity index is 1100. The second-order valence-electron chi connectivity index (χ2n) is 6.68. The normalized spacial score (nSPS) is 12.4. The van der Waals surface area contributed by atoms with Gasteiger partial charge in [-0.3, -0.25) is 14.5 Å². The Morgan fingerprint density at radius 3 is 2.72 bits per heavy atom. The average molecular weight is 489 g/mol. The molecule has 1 aromatic carbocycles. The number of carbonyl (C=O) groups excluding carboxylic acids is 1. The molecule has 1 N–H and O–H groups in total. The lowest BCUT2D eigenvalue weighted by Crippen LogP contribution is -2.35. The molecule has 2 heterocycles.